The molecule has 0 bridgehead atoms. The Balaban J connectivity index is 2.31. The molecule has 2 heterocycles. The van der Waals surface area contributed by atoms with Crippen LogP contribution in [0.5, 0.6) is 11.6 Å². The van der Waals surface area contributed by atoms with Crippen molar-refractivity contribution in [3.8, 4) is 11.6 Å². The fraction of sp³-hybridized carbons (Fsp3) is 0.167. The number of ether oxygens (including phenoxy) is 1. The molecule has 0 atom stereocenters. The highest BCUT2D eigenvalue weighted by atomic mass is 19.1. The molecule has 6 nitrogen and oxygen atoms in total. The van der Waals surface area contributed by atoms with Gasteiger partial charge in [0, 0.05) is 6.20 Å². The van der Waals surface area contributed by atoms with Crippen LogP contribution in [-0.4, -0.2) is 20.9 Å². The van der Waals surface area contributed by atoms with Crippen LogP contribution < -0.4 is 10.5 Å². The summed E-state index contributed by atoms with van der Waals surface area (Å²) in [4.78, 5) is 22.3. The third-order valence-electron chi connectivity index (χ3n) is 2.38. The first kappa shape index (κ1) is 12.9. The molecule has 0 aliphatic carbocycles. The van der Waals surface area contributed by atoms with Crippen LogP contribution in [0.2, 0.25) is 0 Å². The molecule has 0 spiro atoms. The van der Waals surface area contributed by atoms with Crippen molar-refractivity contribution in [3.05, 3.63) is 41.9 Å². The van der Waals surface area contributed by atoms with Crippen LogP contribution in [0, 0.1) is 5.82 Å². The zero-order chi connectivity index (χ0) is 13.8. The maximum absolute atomic E-state index is 13.9. The number of hydrogen-bond donors (Lipinski definition) is 1. The van der Waals surface area contributed by atoms with Gasteiger partial charge in [0.15, 0.2) is 0 Å². The number of hydrogen-bond acceptors (Lipinski definition) is 5. The molecule has 0 fully saturated rings. The van der Waals surface area contributed by atoms with Crippen molar-refractivity contribution in [2.45, 2.75) is 13.3 Å². The first-order chi connectivity index (χ1) is 9.11. The van der Waals surface area contributed by atoms with Gasteiger partial charge >= 0.3 is 0 Å². The van der Waals surface area contributed by atoms with E-state index in [9.17, 15) is 9.18 Å². The fourth-order valence-corrected chi connectivity index (χ4v) is 1.43. The van der Waals surface area contributed by atoms with Crippen LogP contribution in [-0.2, 0) is 6.42 Å². The summed E-state index contributed by atoms with van der Waals surface area (Å²) < 4.78 is 19.1. The number of nitrogens with two attached hydrogens (primary N) is 1. The van der Waals surface area contributed by atoms with E-state index in [1.54, 1.807) is 6.92 Å². The van der Waals surface area contributed by atoms with Crippen LogP contribution in [0.3, 0.4) is 0 Å². The number of halogens is 1. The van der Waals surface area contributed by atoms with Gasteiger partial charge in [-0.2, -0.15) is 9.37 Å². The predicted octanol–water partition coefficient (Wildman–Crippen LogP) is 1.46. The van der Waals surface area contributed by atoms with E-state index in [-0.39, 0.29) is 22.9 Å². The topological polar surface area (TPSA) is 91.0 Å². The smallest absolute Gasteiger partial charge is 0.259 e. The summed E-state index contributed by atoms with van der Waals surface area (Å²) in [5.74, 6) is -1.31. The quantitative estimate of drug-likeness (QED) is 0.900. The second kappa shape index (κ2) is 5.38. The van der Waals surface area contributed by atoms with Gasteiger partial charge in [-0.15, -0.1) is 0 Å². The fourth-order valence-electron chi connectivity index (χ4n) is 1.43. The van der Waals surface area contributed by atoms with Crippen molar-refractivity contribution in [2.24, 2.45) is 5.73 Å². The summed E-state index contributed by atoms with van der Waals surface area (Å²) >= 11 is 0. The molecule has 0 aliphatic heterocycles. The number of carbonyl (C=O) groups excluding carboxylic acids is 1. The third-order valence-corrected chi connectivity index (χ3v) is 2.38. The summed E-state index contributed by atoms with van der Waals surface area (Å²) in [5.41, 5.74) is 5.54. The summed E-state index contributed by atoms with van der Waals surface area (Å²) in [6.45, 7) is 1.77. The minimum Gasteiger partial charge on any atom is -0.435 e. The Kier molecular flexibility index (Phi) is 3.65. The molecule has 2 aromatic rings. The van der Waals surface area contributed by atoms with Gasteiger partial charge in [0.1, 0.15) is 12.1 Å². The van der Waals surface area contributed by atoms with E-state index in [1.165, 1.54) is 24.8 Å². The molecule has 0 saturated carbocycles. The highest BCUT2D eigenvalue weighted by molar-refractivity contribution is 5.92. The van der Waals surface area contributed by atoms with Gasteiger partial charge in [-0.25, -0.2) is 4.98 Å². The van der Waals surface area contributed by atoms with Crippen molar-refractivity contribution in [3.63, 3.8) is 0 Å². The lowest BCUT2D eigenvalue weighted by atomic mass is 10.2. The second-order valence-corrected chi connectivity index (χ2v) is 3.67. The third kappa shape index (κ3) is 2.82. The van der Waals surface area contributed by atoms with Crippen LogP contribution in [0.25, 0.3) is 0 Å². The number of pyridine rings is 1. The van der Waals surface area contributed by atoms with Gasteiger partial charge in [-0.1, -0.05) is 6.92 Å². The van der Waals surface area contributed by atoms with Gasteiger partial charge in [0.05, 0.1) is 17.5 Å². The summed E-state index contributed by atoms with van der Waals surface area (Å²) in [6, 6.07) is 1.36. The summed E-state index contributed by atoms with van der Waals surface area (Å²) in [6.07, 6.45) is 4.26. The van der Waals surface area contributed by atoms with Crippen LogP contribution in [0.15, 0.2) is 24.8 Å². The average Bonchev–Trinajstić information content (AvgIpc) is 2.41. The second-order valence-electron chi connectivity index (χ2n) is 3.67. The molecule has 2 N–H and O–H groups in total. The van der Waals surface area contributed by atoms with Gasteiger partial charge in [-0.3, -0.25) is 9.78 Å². The van der Waals surface area contributed by atoms with Gasteiger partial charge < -0.3 is 10.5 Å². The number of aryl methyl sites for hydroxylation is 1. The maximum Gasteiger partial charge on any atom is 0.259 e. The molecular formula is C12H11FN4O2. The molecule has 1 amide bonds. The lowest BCUT2D eigenvalue weighted by Gasteiger charge is -2.07. The van der Waals surface area contributed by atoms with Gasteiger partial charge in [-0.05, 0) is 12.5 Å². The Labute approximate surface area is 108 Å². The van der Waals surface area contributed by atoms with E-state index < -0.39 is 11.7 Å². The maximum atomic E-state index is 13.9. The summed E-state index contributed by atoms with van der Waals surface area (Å²) in [5, 5.41) is 0. The van der Waals surface area contributed by atoms with Crippen molar-refractivity contribution < 1.29 is 13.9 Å². The van der Waals surface area contributed by atoms with E-state index >= 15 is 0 Å². The molecule has 0 unspecified atom stereocenters. The average molecular weight is 262 g/mol. The van der Waals surface area contributed by atoms with Gasteiger partial charge in [0.2, 0.25) is 11.7 Å². The number of rotatable bonds is 4. The normalized spacial score (nSPS) is 10.2. The van der Waals surface area contributed by atoms with Gasteiger partial charge in [0.25, 0.3) is 5.88 Å². The lowest BCUT2D eigenvalue weighted by Crippen LogP contribution is -2.11. The minimum atomic E-state index is -0.643. The molecule has 19 heavy (non-hydrogen) atoms. The van der Waals surface area contributed by atoms with E-state index in [4.69, 9.17) is 10.5 Å². The Hall–Kier alpha value is -2.57. The highest BCUT2D eigenvalue weighted by Gasteiger charge is 2.12. The summed E-state index contributed by atoms with van der Waals surface area (Å²) in [7, 11) is 0. The zero-order valence-electron chi connectivity index (χ0n) is 10.1. The van der Waals surface area contributed by atoms with Crippen molar-refractivity contribution in [1.82, 2.24) is 15.0 Å². The molecule has 0 aliphatic rings. The van der Waals surface area contributed by atoms with Crippen LogP contribution >= 0.6 is 0 Å². The van der Waals surface area contributed by atoms with Crippen molar-refractivity contribution in [2.75, 3.05) is 0 Å². The van der Waals surface area contributed by atoms with E-state index in [2.05, 4.69) is 15.0 Å². The highest BCUT2D eigenvalue weighted by Crippen LogP contribution is 2.23. The first-order valence-corrected chi connectivity index (χ1v) is 5.54. The number of nitrogens with zero attached hydrogens (tertiary/aromatic N) is 3. The monoisotopic (exact) mass is 262 g/mol. The molecule has 0 radical (unpaired) electrons. The van der Waals surface area contributed by atoms with Crippen molar-refractivity contribution in [1.29, 1.82) is 0 Å². The SMILES string of the molecule is CCc1ncnc(Oc2cncc(C(N)=O)c2)c1F. The Morgan fingerprint density at radius 2 is 2.21 bits per heavy atom. The Bertz CT molecular complexity index is 618. The molecule has 2 aromatic heterocycles. The molecular weight excluding hydrogens is 251 g/mol. The van der Waals surface area contributed by atoms with Crippen LogP contribution in [0.1, 0.15) is 23.0 Å². The Morgan fingerprint density at radius 1 is 1.42 bits per heavy atom. The Morgan fingerprint density at radius 3 is 2.89 bits per heavy atom. The van der Waals surface area contributed by atoms with E-state index in [0.717, 1.165) is 0 Å². The van der Waals surface area contributed by atoms with E-state index in [1.807, 2.05) is 0 Å². The largest absolute Gasteiger partial charge is 0.435 e. The zero-order valence-corrected chi connectivity index (χ0v) is 10.1. The molecule has 0 aromatic carbocycles. The number of aromatic nitrogens is 3. The molecule has 2 rings (SSSR count). The lowest BCUT2D eigenvalue weighted by molar-refractivity contribution is 0.0999. The number of amides is 1. The predicted molar refractivity (Wildman–Crippen MR) is 64.2 cm³/mol. The molecule has 0 saturated heterocycles. The molecule has 98 valence electrons. The standard InChI is InChI=1S/C12H11FN4O2/c1-2-9-10(13)12(17-6-16-9)19-8-3-7(11(14)18)4-15-5-8/h3-6H,2H2,1H3,(H2,14,18). The first-order valence-electron chi connectivity index (χ1n) is 5.54. The number of carbonyl (C=O) groups is 1. The van der Waals surface area contributed by atoms with Crippen molar-refractivity contribution >= 4 is 5.91 Å². The number of primary amides is 1. The molecule has 7 heteroatoms. The minimum absolute atomic E-state index is 0.169. The van der Waals surface area contributed by atoms with E-state index in [0.29, 0.717) is 6.42 Å². The van der Waals surface area contributed by atoms with Crippen LogP contribution in [0.4, 0.5) is 4.39 Å².